The van der Waals surface area contributed by atoms with Gasteiger partial charge >= 0.3 is 0 Å². The van der Waals surface area contributed by atoms with Crippen LogP contribution in [0.25, 0.3) is 0 Å². The first-order valence-electron chi connectivity index (χ1n) is 6.58. The molecule has 0 amide bonds. The fourth-order valence-electron chi connectivity index (χ4n) is 2.04. The molecule has 0 saturated carbocycles. The fourth-order valence-corrected chi connectivity index (χ4v) is 3.39. The Morgan fingerprint density at radius 3 is 2.10 bits per heavy atom. The SMILES string of the molecule is CC(C)(C)c1ccccc1NS(=O)(=O)c1ccc(Br)cc1. The van der Waals surface area contributed by atoms with Crippen molar-refractivity contribution >= 4 is 31.6 Å². The highest BCUT2D eigenvalue weighted by Gasteiger charge is 2.21. The largest absolute Gasteiger partial charge is 0.279 e. The minimum atomic E-state index is -3.58. The van der Waals surface area contributed by atoms with Gasteiger partial charge < -0.3 is 0 Å². The quantitative estimate of drug-likeness (QED) is 0.864. The van der Waals surface area contributed by atoms with E-state index in [1.807, 2.05) is 18.2 Å². The molecule has 0 spiro atoms. The molecule has 0 aromatic heterocycles. The lowest BCUT2D eigenvalue weighted by Crippen LogP contribution is -2.19. The molecule has 0 aliphatic carbocycles. The van der Waals surface area contributed by atoms with Crippen molar-refractivity contribution in [2.45, 2.75) is 31.1 Å². The fraction of sp³-hybridized carbons (Fsp3) is 0.250. The number of para-hydroxylation sites is 1. The zero-order chi connectivity index (χ0) is 15.7. The van der Waals surface area contributed by atoms with Crippen LogP contribution in [0.4, 0.5) is 5.69 Å². The monoisotopic (exact) mass is 367 g/mol. The lowest BCUT2D eigenvalue weighted by Gasteiger charge is -2.23. The Kier molecular flexibility index (Phi) is 4.44. The van der Waals surface area contributed by atoms with Gasteiger partial charge in [-0.25, -0.2) is 8.42 Å². The molecule has 2 aromatic rings. The summed E-state index contributed by atoms with van der Waals surface area (Å²) >= 11 is 3.30. The van der Waals surface area contributed by atoms with Gasteiger partial charge in [0.1, 0.15) is 0 Å². The first kappa shape index (κ1) is 16.0. The Morgan fingerprint density at radius 1 is 0.952 bits per heavy atom. The van der Waals surface area contributed by atoms with Crippen LogP contribution < -0.4 is 4.72 Å². The van der Waals surface area contributed by atoms with E-state index in [1.165, 1.54) is 0 Å². The Bertz CT molecular complexity index is 732. The van der Waals surface area contributed by atoms with E-state index >= 15 is 0 Å². The first-order valence-corrected chi connectivity index (χ1v) is 8.86. The maximum Gasteiger partial charge on any atom is 0.261 e. The van der Waals surface area contributed by atoms with Gasteiger partial charge in [0.2, 0.25) is 0 Å². The summed E-state index contributed by atoms with van der Waals surface area (Å²) in [6, 6.07) is 14.1. The smallest absolute Gasteiger partial charge is 0.261 e. The van der Waals surface area contributed by atoms with Gasteiger partial charge in [-0.2, -0.15) is 0 Å². The number of rotatable bonds is 3. The molecule has 0 heterocycles. The van der Waals surface area contributed by atoms with Gasteiger partial charge in [-0.15, -0.1) is 0 Å². The highest BCUT2D eigenvalue weighted by atomic mass is 79.9. The minimum absolute atomic E-state index is 0.140. The number of nitrogens with one attached hydrogen (secondary N) is 1. The van der Waals surface area contributed by atoms with E-state index in [-0.39, 0.29) is 10.3 Å². The Balaban J connectivity index is 2.40. The molecular weight excluding hydrogens is 350 g/mol. The number of hydrogen-bond donors (Lipinski definition) is 1. The van der Waals surface area contributed by atoms with Crippen LogP contribution in [0, 0.1) is 0 Å². The van der Waals surface area contributed by atoms with Gasteiger partial charge in [-0.3, -0.25) is 4.72 Å². The lowest BCUT2D eigenvalue weighted by atomic mass is 9.86. The van der Waals surface area contributed by atoms with Crippen LogP contribution in [-0.4, -0.2) is 8.42 Å². The van der Waals surface area contributed by atoms with Crippen molar-refractivity contribution < 1.29 is 8.42 Å². The molecule has 2 aromatic carbocycles. The second-order valence-corrected chi connectivity index (χ2v) is 8.45. The Hall–Kier alpha value is -1.33. The number of halogens is 1. The van der Waals surface area contributed by atoms with E-state index in [0.29, 0.717) is 5.69 Å². The van der Waals surface area contributed by atoms with Crippen molar-refractivity contribution in [2.24, 2.45) is 0 Å². The molecule has 0 unspecified atom stereocenters. The lowest BCUT2D eigenvalue weighted by molar-refractivity contribution is 0.590. The highest BCUT2D eigenvalue weighted by Crippen LogP contribution is 2.30. The number of hydrogen-bond acceptors (Lipinski definition) is 2. The maximum absolute atomic E-state index is 12.5. The zero-order valence-corrected chi connectivity index (χ0v) is 14.6. The Morgan fingerprint density at radius 2 is 1.52 bits per heavy atom. The van der Waals surface area contributed by atoms with Crippen LogP contribution in [0.3, 0.4) is 0 Å². The summed E-state index contributed by atoms with van der Waals surface area (Å²) in [7, 11) is -3.58. The molecule has 0 saturated heterocycles. The summed E-state index contributed by atoms with van der Waals surface area (Å²) in [5.41, 5.74) is 1.44. The molecule has 0 aliphatic rings. The molecule has 112 valence electrons. The third-order valence-electron chi connectivity index (χ3n) is 3.10. The van der Waals surface area contributed by atoms with Gasteiger partial charge in [0, 0.05) is 4.47 Å². The second-order valence-electron chi connectivity index (χ2n) is 5.86. The van der Waals surface area contributed by atoms with Crippen molar-refractivity contribution in [3.63, 3.8) is 0 Å². The van der Waals surface area contributed by atoms with Gasteiger partial charge in [-0.1, -0.05) is 54.9 Å². The zero-order valence-electron chi connectivity index (χ0n) is 12.2. The molecule has 5 heteroatoms. The van der Waals surface area contributed by atoms with Crippen molar-refractivity contribution in [3.05, 3.63) is 58.6 Å². The summed E-state index contributed by atoms with van der Waals surface area (Å²) in [5.74, 6) is 0. The summed E-state index contributed by atoms with van der Waals surface area (Å²) in [4.78, 5) is 0.245. The number of benzene rings is 2. The summed E-state index contributed by atoms with van der Waals surface area (Å²) < 4.78 is 28.5. The van der Waals surface area contributed by atoms with Gasteiger partial charge in [0.25, 0.3) is 10.0 Å². The molecule has 0 atom stereocenters. The van der Waals surface area contributed by atoms with Gasteiger partial charge in [0.05, 0.1) is 10.6 Å². The number of anilines is 1. The molecule has 0 bridgehead atoms. The van der Waals surface area contributed by atoms with Crippen LogP contribution >= 0.6 is 15.9 Å². The predicted molar refractivity (Wildman–Crippen MR) is 90.1 cm³/mol. The molecule has 1 N–H and O–H groups in total. The standard InChI is InChI=1S/C16H18BrNO2S/c1-16(2,3)14-6-4-5-7-15(14)18-21(19,20)13-10-8-12(17)9-11-13/h4-11,18H,1-3H3. The highest BCUT2D eigenvalue weighted by molar-refractivity contribution is 9.10. The molecular formula is C16H18BrNO2S. The molecule has 0 radical (unpaired) electrons. The van der Waals surface area contributed by atoms with Crippen molar-refractivity contribution in [3.8, 4) is 0 Å². The molecule has 3 nitrogen and oxygen atoms in total. The van der Waals surface area contributed by atoms with Crippen LogP contribution in [-0.2, 0) is 15.4 Å². The predicted octanol–water partition coefficient (Wildman–Crippen LogP) is 4.55. The molecule has 0 fully saturated rings. The molecule has 0 aliphatic heterocycles. The summed E-state index contributed by atoms with van der Waals surface area (Å²) in [6.45, 7) is 6.17. The summed E-state index contributed by atoms with van der Waals surface area (Å²) in [6.07, 6.45) is 0. The third kappa shape index (κ3) is 3.86. The van der Waals surface area contributed by atoms with Crippen LogP contribution in [0.15, 0.2) is 57.9 Å². The van der Waals surface area contributed by atoms with Crippen LogP contribution in [0.5, 0.6) is 0 Å². The van der Waals surface area contributed by atoms with Crippen molar-refractivity contribution in [1.82, 2.24) is 0 Å². The van der Waals surface area contributed by atoms with Crippen LogP contribution in [0.2, 0.25) is 0 Å². The van der Waals surface area contributed by atoms with E-state index in [9.17, 15) is 8.42 Å². The minimum Gasteiger partial charge on any atom is -0.279 e. The van der Waals surface area contributed by atoms with Gasteiger partial charge in [-0.05, 0) is 41.3 Å². The second kappa shape index (κ2) is 5.81. The van der Waals surface area contributed by atoms with Crippen molar-refractivity contribution in [1.29, 1.82) is 0 Å². The van der Waals surface area contributed by atoms with E-state index < -0.39 is 10.0 Å². The van der Waals surface area contributed by atoms with E-state index in [2.05, 4.69) is 41.4 Å². The van der Waals surface area contributed by atoms with E-state index in [4.69, 9.17) is 0 Å². The first-order chi connectivity index (χ1) is 9.70. The van der Waals surface area contributed by atoms with Crippen molar-refractivity contribution in [2.75, 3.05) is 4.72 Å². The van der Waals surface area contributed by atoms with E-state index in [1.54, 1.807) is 30.3 Å². The molecule has 21 heavy (non-hydrogen) atoms. The average Bonchev–Trinajstić information content (AvgIpc) is 2.38. The topological polar surface area (TPSA) is 46.2 Å². The van der Waals surface area contributed by atoms with Crippen LogP contribution in [0.1, 0.15) is 26.3 Å². The van der Waals surface area contributed by atoms with Gasteiger partial charge in [0.15, 0.2) is 0 Å². The normalized spacial score (nSPS) is 12.2. The molecule has 2 rings (SSSR count). The maximum atomic E-state index is 12.5. The third-order valence-corrected chi connectivity index (χ3v) is 5.01. The number of sulfonamides is 1. The van der Waals surface area contributed by atoms with E-state index in [0.717, 1.165) is 10.0 Å². The average molecular weight is 368 g/mol. The Labute approximate surface area is 134 Å². The summed E-state index contributed by atoms with van der Waals surface area (Å²) in [5, 5.41) is 0.